The van der Waals surface area contributed by atoms with Crippen LogP contribution in [0.1, 0.15) is 11.5 Å². The Hall–Kier alpha value is -3.94. The number of benzene rings is 2. The van der Waals surface area contributed by atoms with Crippen molar-refractivity contribution in [3.63, 3.8) is 0 Å². The smallest absolute Gasteiger partial charge is 0.247 e. The molecule has 4 aromatic rings. The van der Waals surface area contributed by atoms with Crippen molar-refractivity contribution in [2.45, 2.75) is 12.8 Å². The molecule has 1 N–H and O–H groups in total. The second kappa shape index (κ2) is 9.25. The Balaban J connectivity index is 1.32. The SMILES string of the molecule is COc1ccc(CCNC(=O)Cc2nnc(-c3ccc4ncccc4c3)o2)cc1OC. The maximum absolute atomic E-state index is 12.3. The number of ether oxygens (including phenoxy) is 2. The van der Waals surface area contributed by atoms with Gasteiger partial charge in [0, 0.05) is 23.7 Å². The van der Waals surface area contributed by atoms with Crippen LogP contribution in [0.15, 0.2) is 59.1 Å². The van der Waals surface area contributed by atoms with Crippen LogP contribution in [0.4, 0.5) is 0 Å². The highest BCUT2D eigenvalue weighted by atomic mass is 16.5. The molecule has 0 aliphatic rings. The summed E-state index contributed by atoms with van der Waals surface area (Å²) in [7, 11) is 3.19. The molecule has 0 aliphatic carbocycles. The molecule has 0 aliphatic heterocycles. The Kier molecular flexibility index (Phi) is 6.07. The van der Waals surface area contributed by atoms with E-state index in [0.717, 1.165) is 22.0 Å². The predicted octanol–water partition coefficient (Wildman–Crippen LogP) is 3.20. The van der Waals surface area contributed by atoms with Gasteiger partial charge < -0.3 is 19.2 Å². The van der Waals surface area contributed by atoms with Crippen molar-refractivity contribution in [3.05, 3.63) is 66.2 Å². The molecule has 8 nitrogen and oxygen atoms in total. The number of carbonyl (C=O) groups excluding carboxylic acids is 1. The van der Waals surface area contributed by atoms with E-state index in [2.05, 4.69) is 20.5 Å². The number of amides is 1. The van der Waals surface area contributed by atoms with Crippen LogP contribution in [-0.4, -0.2) is 41.9 Å². The van der Waals surface area contributed by atoms with Crippen LogP contribution in [0.3, 0.4) is 0 Å². The summed E-state index contributed by atoms with van der Waals surface area (Å²) >= 11 is 0. The van der Waals surface area contributed by atoms with E-state index >= 15 is 0 Å². The van der Waals surface area contributed by atoms with Gasteiger partial charge in [0.25, 0.3) is 0 Å². The summed E-state index contributed by atoms with van der Waals surface area (Å²) in [6.45, 7) is 0.479. The second-order valence-electron chi connectivity index (χ2n) is 6.88. The highest BCUT2D eigenvalue weighted by molar-refractivity contribution is 5.82. The lowest BCUT2D eigenvalue weighted by atomic mass is 10.1. The first-order chi connectivity index (χ1) is 15.2. The van der Waals surface area contributed by atoms with Crippen LogP contribution in [-0.2, 0) is 17.6 Å². The average Bonchev–Trinajstić information content (AvgIpc) is 3.27. The fourth-order valence-corrected chi connectivity index (χ4v) is 3.23. The summed E-state index contributed by atoms with van der Waals surface area (Å²) in [4.78, 5) is 16.6. The molecule has 1 amide bonds. The number of hydrogen-bond donors (Lipinski definition) is 1. The van der Waals surface area contributed by atoms with Crippen molar-refractivity contribution >= 4 is 16.8 Å². The molecule has 158 valence electrons. The third-order valence-electron chi connectivity index (χ3n) is 4.81. The Labute approximate surface area is 179 Å². The lowest BCUT2D eigenvalue weighted by molar-refractivity contribution is -0.120. The highest BCUT2D eigenvalue weighted by Crippen LogP contribution is 2.27. The zero-order valence-corrected chi connectivity index (χ0v) is 17.3. The van der Waals surface area contributed by atoms with E-state index in [0.29, 0.717) is 30.4 Å². The van der Waals surface area contributed by atoms with E-state index in [1.54, 1.807) is 20.4 Å². The van der Waals surface area contributed by atoms with Crippen molar-refractivity contribution in [2.75, 3.05) is 20.8 Å². The van der Waals surface area contributed by atoms with Gasteiger partial charge in [-0.05, 0) is 48.4 Å². The zero-order valence-electron chi connectivity index (χ0n) is 17.3. The van der Waals surface area contributed by atoms with Crippen molar-refractivity contribution in [2.24, 2.45) is 0 Å². The van der Waals surface area contributed by atoms with Crippen molar-refractivity contribution in [3.8, 4) is 23.0 Å². The summed E-state index contributed by atoms with van der Waals surface area (Å²) in [5, 5.41) is 11.9. The second-order valence-corrected chi connectivity index (χ2v) is 6.88. The molecule has 0 radical (unpaired) electrons. The first kappa shape index (κ1) is 20.3. The molecule has 0 saturated heterocycles. The molecule has 0 atom stereocenters. The molecule has 0 saturated carbocycles. The van der Waals surface area contributed by atoms with Gasteiger partial charge in [-0.2, -0.15) is 0 Å². The third-order valence-corrected chi connectivity index (χ3v) is 4.81. The van der Waals surface area contributed by atoms with Crippen molar-refractivity contribution in [1.82, 2.24) is 20.5 Å². The standard InChI is InChI=1S/C23H22N4O4/c1-29-19-8-5-15(12-20(19)30-2)9-11-25-21(28)14-22-26-27-23(31-22)17-6-7-18-16(13-17)4-3-10-24-18/h3-8,10,12-13H,9,11,14H2,1-2H3,(H,25,28). The first-order valence-electron chi connectivity index (χ1n) is 9.81. The first-order valence-corrected chi connectivity index (χ1v) is 9.81. The van der Waals surface area contributed by atoms with Gasteiger partial charge in [-0.1, -0.05) is 12.1 Å². The Bertz CT molecular complexity index is 1210. The summed E-state index contributed by atoms with van der Waals surface area (Å²) < 4.78 is 16.2. The maximum atomic E-state index is 12.3. The number of nitrogens with one attached hydrogen (secondary N) is 1. The predicted molar refractivity (Wildman–Crippen MR) is 115 cm³/mol. The van der Waals surface area contributed by atoms with Gasteiger partial charge in [0.1, 0.15) is 6.42 Å². The number of methoxy groups -OCH3 is 2. The number of nitrogens with zero attached hydrogens (tertiary/aromatic N) is 3. The van der Waals surface area contributed by atoms with Crippen molar-refractivity contribution in [1.29, 1.82) is 0 Å². The van der Waals surface area contributed by atoms with Gasteiger partial charge in [-0.15, -0.1) is 10.2 Å². The quantitative estimate of drug-likeness (QED) is 0.469. The minimum absolute atomic E-state index is 0.0219. The highest BCUT2D eigenvalue weighted by Gasteiger charge is 2.13. The number of pyridine rings is 1. The molecule has 2 heterocycles. The van der Waals surface area contributed by atoms with Gasteiger partial charge in [-0.3, -0.25) is 9.78 Å². The van der Waals surface area contributed by atoms with Crippen LogP contribution < -0.4 is 14.8 Å². The van der Waals surface area contributed by atoms with E-state index < -0.39 is 0 Å². The zero-order chi connectivity index (χ0) is 21.6. The number of rotatable bonds is 8. The monoisotopic (exact) mass is 418 g/mol. The number of carbonyl (C=O) groups is 1. The van der Waals surface area contributed by atoms with Gasteiger partial charge in [0.15, 0.2) is 11.5 Å². The van der Waals surface area contributed by atoms with E-state index in [9.17, 15) is 4.79 Å². The molecule has 8 heteroatoms. The molecular weight excluding hydrogens is 396 g/mol. The summed E-state index contributed by atoms with van der Waals surface area (Å²) in [6, 6.07) is 15.2. The molecule has 2 aromatic carbocycles. The molecule has 31 heavy (non-hydrogen) atoms. The lowest BCUT2D eigenvalue weighted by Crippen LogP contribution is -2.27. The Morgan fingerprint density at radius 1 is 1.03 bits per heavy atom. The summed E-state index contributed by atoms with van der Waals surface area (Å²) in [5.41, 5.74) is 2.71. The molecule has 0 spiro atoms. The Morgan fingerprint density at radius 3 is 2.74 bits per heavy atom. The van der Waals surface area contributed by atoms with Gasteiger partial charge in [-0.25, -0.2) is 0 Å². The number of fused-ring (bicyclic) bond motifs is 1. The largest absolute Gasteiger partial charge is 0.493 e. The van der Waals surface area contributed by atoms with Gasteiger partial charge in [0.2, 0.25) is 17.7 Å². The summed E-state index contributed by atoms with van der Waals surface area (Å²) in [5.74, 6) is 1.79. The van der Waals surface area contributed by atoms with E-state index in [1.165, 1.54) is 0 Å². The Morgan fingerprint density at radius 2 is 1.90 bits per heavy atom. The average molecular weight is 418 g/mol. The van der Waals surface area contributed by atoms with E-state index in [1.807, 2.05) is 48.5 Å². The van der Waals surface area contributed by atoms with Crippen molar-refractivity contribution < 1.29 is 18.7 Å². The molecule has 2 aromatic heterocycles. The fraction of sp³-hybridized carbons (Fsp3) is 0.217. The lowest BCUT2D eigenvalue weighted by Gasteiger charge is -2.10. The molecular formula is C23H22N4O4. The van der Waals surface area contributed by atoms with Gasteiger partial charge in [0.05, 0.1) is 19.7 Å². The minimum Gasteiger partial charge on any atom is -0.493 e. The van der Waals surface area contributed by atoms with Crippen LogP contribution >= 0.6 is 0 Å². The third kappa shape index (κ3) is 4.80. The minimum atomic E-state index is -0.182. The normalized spacial score (nSPS) is 10.8. The molecule has 4 rings (SSSR count). The number of aromatic nitrogens is 3. The molecule has 0 bridgehead atoms. The molecule has 0 fully saturated rings. The topological polar surface area (TPSA) is 99.4 Å². The van der Waals surface area contributed by atoms with E-state index in [-0.39, 0.29) is 18.2 Å². The van der Waals surface area contributed by atoms with Gasteiger partial charge >= 0.3 is 0 Å². The van der Waals surface area contributed by atoms with Crippen LogP contribution in [0, 0.1) is 0 Å². The van der Waals surface area contributed by atoms with E-state index in [4.69, 9.17) is 13.9 Å². The maximum Gasteiger partial charge on any atom is 0.247 e. The summed E-state index contributed by atoms with van der Waals surface area (Å²) in [6.07, 6.45) is 2.43. The molecule has 0 unspecified atom stereocenters. The van der Waals surface area contributed by atoms with Crippen LogP contribution in [0.5, 0.6) is 11.5 Å². The fourth-order valence-electron chi connectivity index (χ4n) is 3.23. The number of hydrogen-bond acceptors (Lipinski definition) is 7. The van der Waals surface area contributed by atoms with Crippen LogP contribution in [0.2, 0.25) is 0 Å². The van der Waals surface area contributed by atoms with Crippen LogP contribution in [0.25, 0.3) is 22.4 Å².